The van der Waals surface area contributed by atoms with Gasteiger partial charge in [0.2, 0.25) is 5.91 Å². The highest BCUT2D eigenvalue weighted by atomic mass is 16.4. The van der Waals surface area contributed by atoms with Crippen molar-refractivity contribution in [3.8, 4) is 0 Å². The van der Waals surface area contributed by atoms with Crippen LogP contribution in [-0.2, 0) is 14.4 Å². The number of urea groups is 1. The molecule has 3 N–H and O–H groups in total. The quantitative estimate of drug-likeness (QED) is 0.574. The predicted octanol–water partition coefficient (Wildman–Crippen LogP) is -0.704. The number of hydrogen-bond acceptors (Lipinski definition) is 4. The third-order valence-corrected chi connectivity index (χ3v) is 2.98. The number of imide groups is 1. The lowest BCUT2D eigenvalue weighted by Gasteiger charge is -2.41. The average Bonchev–Trinajstić information content (AvgIpc) is 2.22. The fourth-order valence-electron chi connectivity index (χ4n) is 1.50. The first-order valence-corrected chi connectivity index (χ1v) is 5.66. The second-order valence-corrected chi connectivity index (χ2v) is 5.38. The van der Waals surface area contributed by atoms with Crippen LogP contribution < -0.4 is 10.6 Å². The summed E-state index contributed by atoms with van der Waals surface area (Å²) in [5, 5.41) is 13.3. The Morgan fingerprint density at radius 1 is 1.37 bits per heavy atom. The van der Waals surface area contributed by atoms with Crippen LogP contribution in [0.1, 0.15) is 27.7 Å². The van der Waals surface area contributed by atoms with E-state index in [1.54, 1.807) is 0 Å². The van der Waals surface area contributed by atoms with E-state index >= 15 is 0 Å². The van der Waals surface area contributed by atoms with Crippen LogP contribution in [0.2, 0.25) is 0 Å². The Labute approximate surface area is 110 Å². The van der Waals surface area contributed by atoms with Crippen molar-refractivity contribution >= 4 is 23.8 Å². The molecule has 1 aliphatic rings. The summed E-state index contributed by atoms with van der Waals surface area (Å²) in [7, 11) is 0. The number of nitrogens with zero attached hydrogens (tertiary/aromatic N) is 1. The number of rotatable bonds is 2. The Balaban J connectivity index is 2.94. The molecule has 1 aliphatic heterocycles. The fraction of sp³-hybridized carbons (Fsp3) is 0.636. The highest BCUT2D eigenvalue weighted by Crippen LogP contribution is 2.19. The molecule has 0 aromatic rings. The van der Waals surface area contributed by atoms with Crippen LogP contribution >= 0.6 is 0 Å². The highest BCUT2D eigenvalue weighted by Gasteiger charge is 2.45. The van der Waals surface area contributed by atoms with Gasteiger partial charge in [0, 0.05) is 0 Å². The Bertz CT molecular complexity index is 455. The molecule has 1 heterocycles. The summed E-state index contributed by atoms with van der Waals surface area (Å²) in [5.74, 6) is -2.42. The minimum absolute atomic E-state index is 0.305. The molecule has 1 fully saturated rings. The van der Waals surface area contributed by atoms with Gasteiger partial charge in [-0.3, -0.25) is 14.9 Å². The van der Waals surface area contributed by atoms with E-state index in [2.05, 4.69) is 10.6 Å². The molecule has 4 amide bonds. The van der Waals surface area contributed by atoms with E-state index in [1.807, 2.05) is 0 Å². The lowest BCUT2D eigenvalue weighted by Crippen LogP contribution is -2.68. The van der Waals surface area contributed by atoms with E-state index in [-0.39, 0.29) is 6.54 Å². The zero-order chi connectivity index (χ0) is 15.0. The summed E-state index contributed by atoms with van der Waals surface area (Å²) < 4.78 is 0. The van der Waals surface area contributed by atoms with Gasteiger partial charge in [0.1, 0.15) is 17.6 Å². The van der Waals surface area contributed by atoms with Crippen molar-refractivity contribution in [1.82, 2.24) is 15.5 Å². The van der Waals surface area contributed by atoms with Crippen LogP contribution in [0.25, 0.3) is 0 Å². The molecule has 1 saturated heterocycles. The van der Waals surface area contributed by atoms with Gasteiger partial charge in [-0.05, 0) is 27.7 Å². The maximum absolute atomic E-state index is 12.0. The summed E-state index contributed by atoms with van der Waals surface area (Å²) in [6.07, 6.45) is 0. The first kappa shape index (κ1) is 14.9. The van der Waals surface area contributed by atoms with Gasteiger partial charge in [0.15, 0.2) is 0 Å². The van der Waals surface area contributed by atoms with Gasteiger partial charge in [0.05, 0.1) is 0 Å². The van der Waals surface area contributed by atoms with Crippen LogP contribution in [0.4, 0.5) is 4.79 Å². The number of carboxylic acids is 1. The van der Waals surface area contributed by atoms with Gasteiger partial charge in [-0.2, -0.15) is 0 Å². The zero-order valence-corrected chi connectivity index (χ0v) is 11.2. The summed E-state index contributed by atoms with van der Waals surface area (Å²) in [4.78, 5) is 47.0. The van der Waals surface area contributed by atoms with Crippen molar-refractivity contribution in [2.24, 2.45) is 0 Å². The molecule has 106 valence electrons. The van der Waals surface area contributed by atoms with E-state index in [0.717, 1.165) is 4.90 Å². The SMILES string of the molecule is CC(C)(NC(=O)N1CC(=O)NC(=O)C1(C)C)C(=O)O. The molecule has 0 atom stereocenters. The first-order chi connectivity index (χ1) is 8.48. The second-order valence-electron chi connectivity index (χ2n) is 5.38. The standard InChI is InChI=1S/C11H17N3O5/c1-10(2,8(17)18)13-9(19)14-5-6(15)12-7(16)11(14,3)4/h5H2,1-4H3,(H,13,19)(H,17,18)(H,12,15,16). The molecule has 1 rings (SSSR count). The number of hydrogen-bond donors (Lipinski definition) is 3. The van der Waals surface area contributed by atoms with Crippen molar-refractivity contribution in [3.05, 3.63) is 0 Å². The molecule has 0 unspecified atom stereocenters. The number of carbonyl (C=O) groups excluding carboxylic acids is 3. The van der Waals surface area contributed by atoms with Crippen molar-refractivity contribution in [2.45, 2.75) is 38.8 Å². The van der Waals surface area contributed by atoms with Crippen LogP contribution in [-0.4, -0.2) is 51.4 Å². The summed E-state index contributed by atoms with van der Waals surface area (Å²) in [5.41, 5.74) is -2.73. The Morgan fingerprint density at radius 3 is 2.37 bits per heavy atom. The van der Waals surface area contributed by atoms with Crippen LogP contribution in [0.3, 0.4) is 0 Å². The number of piperazine rings is 1. The molecule has 8 heteroatoms. The molecule has 8 nitrogen and oxygen atoms in total. The molecule has 0 radical (unpaired) electrons. The summed E-state index contributed by atoms with van der Waals surface area (Å²) >= 11 is 0. The number of carboxylic acid groups (broad SMARTS) is 1. The van der Waals surface area contributed by atoms with E-state index in [0.29, 0.717) is 0 Å². The average molecular weight is 271 g/mol. The number of nitrogens with one attached hydrogen (secondary N) is 2. The van der Waals surface area contributed by atoms with Crippen molar-refractivity contribution < 1.29 is 24.3 Å². The van der Waals surface area contributed by atoms with Crippen molar-refractivity contribution in [2.75, 3.05) is 6.54 Å². The van der Waals surface area contributed by atoms with Crippen molar-refractivity contribution in [1.29, 1.82) is 0 Å². The summed E-state index contributed by atoms with van der Waals surface area (Å²) in [6.45, 7) is 5.27. The number of carbonyl (C=O) groups is 4. The fourth-order valence-corrected chi connectivity index (χ4v) is 1.50. The van der Waals surface area contributed by atoms with Crippen LogP contribution in [0.15, 0.2) is 0 Å². The van der Waals surface area contributed by atoms with Crippen molar-refractivity contribution in [3.63, 3.8) is 0 Å². The van der Waals surface area contributed by atoms with Crippen LogP contribution in [0, 0.1) is 0 Å². The molecular formula is C11H17N3O5. The van der Waals surface area contributed by atoms with Gasteiger partial charge in [-0.25, -0.2) is 9.59 Å². The predicted molar refractivity (Wildman–Crippen MR) is 64.2 cm³/mol. The highest BCUT2D eigenvalue weighted by molar-refractivity contribution is 6.06. The number of amides is 4. The zero-order valence-electron chi connectivity index (χ0n) is 11.2. The topological polar surface area (TPSA) is 116 Å². The third-order valence-electron chi connectivity index (χ3n) is 2.98. The van der Waals surface area contributed by atoms with Crippen LogP contribution in [0.5, 0.6) is 0 Å². The third kappa shape index (κ3) is 2.83. The second kappa shape index (κ2) is 4.52. The molecule has 0 bridgehead atoms. The molecular weight excluding hydrogens is 254 g/mol. The van der Waals surface area contributed by atoms with Gasteiger partial charge >= 0.3 is 12.0 Å². The maximum atomic E-state index is 12.0. The number of aliphatic carboxylic acids is 1. The van der Waals surface area contributed by atoms with Gasteiger partial charge in [-0.15, -0.1) is 0 Å². The van der Waals surface area contributed by atoms with E-state index in [1.165, 1.54) is 27.7 Å². The largest absolute Gasteiger partial charge is 0.480 e. The summed E-state index contributed by atoms with van der Waals surface area (Å²) in [6, 6.07) is -0.777. The molecule has 0 aliphatic carbocycles. The lowest BCUT2D eigenvalue weighted by atomic mass is 9.99. The van der Waals surface area contributed by atoms with E-state index in [9.17, 15) is 19.2 Å². The van der Waals surface area contributed by atoms with Gasteiger partial charge < -0.3 is 15.3 Å². The first-order valence-electron chi connectivity index (χ1n) is 5.66. The molecule has 0 spiro atoms. The maximum Gasteiger partial charge on any atom is 0.328 e. The Morgan fingerprint density at radius 2 is 1.89 bits per heavy atom. The lowest BCUT2D eigenvalue weighted by molar-refractivity contribution is -0.143. The minimum atomic E-state index is -1.50. The molecule has 0 aromatic heterocycles. The normalized spacial score (nSPS) is 18.8. The molecule has 0 saturated carbocycles. The van der Waals surface area contributed by atoms with E-state index in [4.69, 9.17) is 5.11 Å². The molecule has 19 heavy (non-hydrogen) atoms. The molecule has 0 aromatic carbocycles. The smallest absolute Gasteiger partial charge is 0.328 e. The van der Waals surface area contributed by atoms with Gasteiger partial charge in [-0.1, -0.05) is 0 Å². The monoisotopic (exact) mass is 271 g/mol. The Kier molecular flexibility index (Phi) is 3.56. The van der Waals surface area contributed by atoms with E-state index < -0.39 is 34.9 Å². The minimum Gasteiger partial charge on any atom is -0.480 e. The Hall–Kier alpha value is -2.12. The van der Waals surface area contributed by atoms with Gasteiger partial charge in [0.25, 0.3) is 5.91 Å².